The number of rotatable bonds is 4. The quantitative estimate of drug-likeness (QED) is 0.904. The van der Waals surface area contributed by atoms with E-state index in [1.54, 1.807) is 6.07 Å². The molecule has 1 unspecified atom stereocenters. The van der Waals surface area contributed by atoms with E-state index in [4.69, 9.17) is 5.26 Å². The van der Waals surface area contributed by atoms with Gasteiger partial charge in [-0.1, -0.05) is 0 Å². The molecule has 1 aromatic carbocycles. The SMILES string of the molecule is CC(NS(=O)(=O)c1ccc(F)c(C#N)c1)C1CC1. The summed E-state index contributed by atoms with van der Waals surface area (Å²) < 4.78 is 39.7. The lowest BCUT2D eigenvalue weighted by Gasteiger charge is -2.13. The summed E-state index contributed by atoms with van der Waals surface area (Å²) in [4.78, 5) is -0.0760. The maximum atomic E-state index is 13.1. The van der Waals surface area contributed by atoms with Crippen LogP contribution in [0.25, 0.3) is 0 Å². The molecule has 0 aliphatic heterocycles. The average Bonchev–Trinajstić information content (AvgIpc) is 3.12. The molecule has 1 aromatic rings. The van der Waals surface area contributed by atoms with Crippen molar-refractivity contribution in [2.75, 3.05) is 0 Å². The monoisotopic (exact) mass is 268 g/mol. The number of nitriles is 1. The van der Waals surface area contributed by atoms with Crippen molar-refractivity contribution in [1.82, 2.24) is 4.72 Å². The van der Waals surface area contributed by atoms with Crippen molar-refractivity contribution in [3.8, 4) is 6.07 Å². The summed E-state index contributed by atoms with van der Waals surface area (Å²) in [6.07, 6.45) is 2.05. The zero-order valence-corrected chi connectivity index (χ0v) is 10.7. The Morgan fingerprint density at radius 3 is 2.72 bits per heavy atom. The van der Waals surface area contributed by atoms with Gasteiger partial charge in [-0.05, 0) is 43.9 Å². The third kappa shape index (κ3) is 2.68. The second-order valence-electron chi connectivity index (χ2n) is 4.50. The Kier molecular flexibility index (Phi) is 3.37. The lowest BCUT2D eigenvalue weighted by atomic mass is 10.2. The molecule has 1 atom stereocenters. The highest BCUT2D eigenvalue weighted by Gasteiger charge is 2.31. The van der Waals surface area contributed by atoms with Gasteiger partial charge < -0.3 is 0 Å². The number of nitrogens with one attached hydrogen (secondary N) is 1. The number of hydrogen-bond donors (Lipinski definition) is 1. The zero-order chi connectivity index (χ0) is 13.3. The lowest BCUT2D eigenvalue weighted by Crippen LogP contribution is -2.34. The van der Waals surface area contributed by atoms with Crippen LogP contribution in [0.4, 0.5) is 4.39 Å². The Bertz CT molecular complexity index is 603. The van der Waals surface area contributed by atoms with Crippen LogP contribution >= 0.6 is 0 Å². The third-order valence-corrected chi connectivity index (χ3v) is 4.60. The highest BCUT2D eigenvalue weighted by Crippen LogP contribution is 2.33. The van der Waals surface area contributed by atoms with E-state index in [0.29, 0.717) is 5.92 Å². The second kappa shape index (κ2) is 4.67. The van der Waals surface area contributed by atoms with Gasteiger partial charge in [0.2, 0.25) is 10.0 Å². The van der Waals surface area contributed by atoms with Gasteiger partial charge in [0.25, 0.3) is 0 Å². The number of benzene rings is 1. The van der Waals surface area contributed by atoms with Gasteiger partial charge in [-0.15, -0.1) is 0 Å². The molecular formula is C12H13FN2O2S. The van der Waals surface area contributed by atoms with Gasteiger partial charge in [0, 0.05) is 6.04 Å². The predicted molar refractivity (Wildman–Crippen MR) is 63.6 cm³/mol. The smallest absolute Gasteiger partial charge is 0.208 e. The van der Waals surface area contributed by atoms with Crippen molar-refractivity contribution in [2.45, 2.75) is 30.7 Å². The topological polar surface area (TPSA) is 70.0 Å². The molecule has 18 heavy (non-hydrogen) atoms. The molecule has 0 heterocycles. The molecule has 6 heteroatoms. The largest absolute Gasteiger partial charge is 0.240 e. The molecule has 2 rings (SSSR count). The van der Waals surface area contributed by atoms with E-state index in [2.05, 4.69) is 4.72 Å². The first-order valence-electron chi connectivity index (χ1n) is 5.66. The van der Waals surface area contributed by atoms with Crippen LogP contribution in [0.15, 0.2) is 23.1 Å². The van der Waals surface area contributed by atoms with Gasteiger partial charge in [0.05, 0.1) is 10.5 Å². The molecule has 0 aromatic heterocycles. The van der Waals surface area contributed by atoms with Gasteiger partial charge in [-0.3, -0.25) is 0 Å². The molecule has 0 saturated heterocycles. The zero-order valence-electron chi connectivity index (χ0n) is 9.85. The Hall–Kier alpha value is -1.45. The highest BCUT2D eigenvalue weighted by atomic mass is 32.2. The fourth-order valence-corrected chi connectivity index (χ4v) is 3.10. The molecule has 1 saturated carbocycles. The maximum absolute atomic E-state index is 13.1. The Morgan fingerprint density at radius 1 is 1.50 bits per heavy atom. The van der Waals surface area contributed by atoms with E-state index in [0.717, 1.165) is 31.0 Å². The fourth-order valence-electron chi connectivity index (χ4n) is 1.76. The van der Waals surface area contributed by atoms with Crippen LogP contribution in [0.2, 0.25) is 0 Å². The minimum absolute atomic E-state index is 0.0760. The summed E-state index contributed by atoms with van der Waals surface area (Å²) in [5.41, 5.74) is -0.267. The second-order valence-corrected chi connectivity index (χ2v) is 6.21. The van der Waals surface area contributed by atoms with Crippen molar-refractivity contribution < 1.29 is 12.8 Å². The van der Waals surface area contributed by atoms with E-state index >= 15 is 0 Å². The average molecular weight is 268 g/mol. The number of sulfonamides is 1. The lowest BCUT2D eigenvalue weighted by molar-refractivity contribution is 0.537. The minimum Gasteiger partial charge on any atom is -0.208 e. The van der Waals surface area contributed by atoms with Crippen LogP contribution < -0.4 is 4.72 Å². The molecule has 0 amide bonds. The minimum atomic E-state index is -3.68. The normalized spacial score (nSPS) is 17.2. The molecule has 1 N–H and O–H groups in total. The third-order valence-electron chi connectivity index (χ3n) is 3.04. The van der Waals surface area contributed by atoms with E-state index in [1.165, 1.54) is 0 Å². The first kappa shape index (κ1) is 13.0. The molecule has 96 valence electrons. The van der Waals surface area contributed by atoms with Crippen LogP contribution in [0.3, 0.4) is 0 Å². The summed E-state index contributed by atoms with van der Waals surface area (Å²) >= 11 is 0. The predicted octanol–water partition coefficient (Wildman–Crippen LogP) is 1.77. The van der Waals surface area contributed by atoms with Crippen LogP contribution in [0.5, 0.6) is 0 Å². The first-order chi connectivity index (χ1) is 8.44. The van der Waals surface area contributed by atoms with Gasteiger partial charge in [0.1, 0.15) is 11.9 Å². The van der Waals surface area contributed by atoms with E-state index in [9.17, 15) is 12.8 Å². The Morgan fingerprint density at radius 2 is 2.17 bits per heavy atom. The summed E-state index contributed by atoms with van der Waals surface area (Å²) in [5, 5.41) is 8.68. The van der Waals surface area contributed by atoms with Crippen LogP contribution in [0, 0.1) is 23.1 Å². The standard InChI is InChI=1S/C12H13FN2O2S/c1-8(9-2-3-9)15-18(16,17)11-4-5-12(13)10(6-11)7-14/h4-6,8-9,15H,2-3H2,1H3. The van der Waals surface area contributed by atoms with Gasteiger partial charge in [-0.25, -0.2) is 17.5 Å². The van der Waals surface area contributed by atoms with Crippen molar-refractivity contribution in [2.24, 2.45) is 5.92 Å². The van der Waals surface area contributed by atoms with E-state index in [-0.39, 0.29) is 16.5 Å². The summed E-state index contributed by atoms with van der Waals surface area (Å²) in [6.45, 7) is 1.81. The molecule has 1 fully saturated rings. The van der Waals surface area contributed by atoms with E-state index in [1.807, 2.05) is 6.92 Å². The molecule has 1 aliphatic rings. The molecule has 0 bridgehead atoms. The summed E-state index contributed by atoms with van der Waals surface area (Å²) in [6, 6.07) is 4.71. The molecule has 1 aliphatic carbocycles. The summed E-state index contributed by atoms with van der Waals surface area (Å²) in [5.74, 6) is -0.331. The van der Waals surface area contributed by atoms with Crippen LogP contribution in [0.1, 0.15) is 25.3 Å². The first-order valence-corrected chi connectivity index (χ1v) is 7.14. The number of halogens is 1. The maximum Gasteiger partial charge on any atom is 0.240 e. The summed E-state index contributed by atoms with van der Waals surface area (Å²) in [7, 11) is -3.68. The number of hydrogen-bond acceptors (Lipinski definition) is 3. The molecular weight excluding hydrogens is 255 g/mol. The van der Waals surface area contributed by atoms with Gasteiger partial charge >= 0.3 is 0 Å². The van der Waals surface area contributed by atoms with Gasteiger partial charge in [-0.2, -0.15) is 5.26 Å². The molecule has 4 nitrogen and oxygen atoms in total. The number of nitrogens with zero attached hydrogens (tertiary/aromatic N) is 1. The van der Waals surface area contributed by atoms with Crippen molar-refractivity contribution in [3.05, 3.63) is 29.6 Å². The van der Waals surface area contributed by atoms with Crippen LogP contribution in [-0.2, 0) is 10.0 Å². The fraction of sp³-hybridized carbons (Fsp3) is 0.417. The van der Waals surface area contributed by atoms with Gasteiger partial charge in [0.15, 0.2) is 0 Å². The molecule has 0 spiro atoms. The highest BCUT2D eigenvalue weighted by molar-refractivity contribution is 7.89. The van der Waals surface area contributed by atoms with Crippen molar-refractivity contribution in [3.63, 3.8) is 0 Å². The van der Waals surface area contributed by atoms with Crippen molar-refractivity contribution in [1.29, 1.82) is 5.26 Å². The van der Waals surface area contributed by atoms with Crippen molar-refractivity contribution >= 4 is 10.0 Å². The Labute approximate surface area is 105 Å². The Balaban J connectivity index is 2.26. The van der Waals surface area contributed by atoms with E-state index < -0.39 is 15.8 Å². The molecule has 0 radical (unpaired) electrons. The van der Waals surface area contributed by atoms with Crippen LogP contribution in [-0.4, -0.2) is 14.5 Å².